The smallest absolute Gasteiger partial charge is 0.306 e. The van der Waals surface area contributed by atoms with Crippen LogP contribution in [0.25, 0.3) is 11.4 Å². The number of rotatable bonds is 6. The first kappa shape index (κ1) is 18.0. The van der Waals surface area contributed by atoms with Crippen LogP contribution in [0.2, 0.25) is 0 Å². The number of halogens is 1. The summed E-state index contributed by atoms with van der Waals surface area (Å²) in [4.78, 5) is 29.1. The number of carboxylic acids is 1. The molecule has 1 N–H and O–H groups in total. The van der Waals surface area contributed by atoms with Crippen molar-refractivity contribution in [2.24, 2.45) is 5.92 Å². The number of hydrogen-bond donors (Lipinski definition) is 1. The molecule has 8 heteroatoms. The van der Waals surface area contributed by atoms with Gasteiger partial charge >= 0.3 is 5.97 Å². The maximum Gasteiger partial charge on any atom is 0.306 e. The number of nitrogens with zero attached hydrogens (tertiary/aromatic N) is 3. The zero-order valence-electron chi connectivity index (χ0n) is 14.2. The van der Waals surface area contributed by atoms with E-state index in [4.69, 9.17) is 9.63 Å². The number of likely N-dealkylation sites (tertiary alicyclic amines) is 1. The zero-order chi connectivity index (χ0) is 18.5. The molecule has 0 saturated carbocycles. The van der Waals surface area contributed by atoms with Crippen LogP contribution in [0, 0.1) is 11.7 Å². The Bertz CT molecular complexity index is 767. The molecule has 3 rings (SSSR count). The molecule has 1 aliphatic rings. The van der Waals surface area contributed by atoms with Crippen LogP contribution in [-0.2, 0) is 16.0 Å². The van der Waals surface area contributed by atoms with E-state index >= 15 is 0 Å². The van der Waals surface area contributed by atoms with Crippen LogP contribution in [0.1, 0.15) is 31.6 Å². The second kappa shape index (κ2) is 8.07. The van der Waals surface area contributed by atoms with Crippen molar-refractivity contribution in [3.05, 3.63) is 36.0 Å². The van der Waals surface area contributed by atoms with Gasteiger partial charge in [0.2, 0.25) is 17.6 Å². The zero-order valence-corrected chi connectivity index (χ0v) is 14.2. The molecule has 1 amide bonds. The number of carboxylic acid groups (broad SMARTS) is 1. The second-order valence-corrected chi connectivity index (χ2v) is 6.37. The molecule has 0 atom stereocenters. The van der Waals surface area contributed by atoms with E-state index in [1.807, 2.05) is 0 Å². The van der Waals surface area contributed by atoms with Gasteiger partial charge in [0.1, 0.15) is 5.82 Å². The number of carbonyl (C=O) groups excluding carboxylic acids is 1. The van der Waals surface area contributed by atoms with Gasteiger partial charge in [-0.2, -0.15) is 4.98 Å². The van der Waals surface area contributed by atoms with Gasteiger partial charge in [-0.05, 0) is 43.5 Å². The third-order valence-electron chi connectivity index (χ3n) is 4.55. The summed E-state index contributed by atoms with van der Waals surface area (Å²) in [7, 11) is 0. The van der Waals surface area contributed by atoms with Crippen molar-refractivity contribution >= 4 is 11.9 Å². The minimum Gasteiger partial charge on any atom is -0.481 e. The normalized spacial score (nSPS) is 15.2. The van der Waals surface area contributed by atoms with Crippen LogP contribution in [0.5, 0.6) is 0 Å². The predicted octanol–water partition coefficient (Wildman–Crippen LogP) is 2.52. The van der Waals surface area contributed by atoms with Crippen LogP contribution < -0.4 is 0 Å². The molecule has 1 saturated heterocycles. The minimum absolute atomic E-state index is 0.0205. The fraction of sp³-hybridized carbons (Fsp3) is 0.444. The Labute approximate surface area is 149 Å². The molecule has 26 heavy (non-hydrogen) atoms. The average molecular weight is 361 g/mol. The standard InChI is InChI=1S/C18H20FN3O4/c19-14-6-4-12(5-7-14)17-20-15(26-21-17)2-1-3-16(23)22-10-8-13(9-11-22)18(24)25/h4-7,13H,1-3,8-11H2,(H,24,25). The maximum atomic E-state index is 12.9. The molecule has 0 aliphatic carbocycles. The summed E-state index contributed by atoms with van der Waals surface area (Å²) in [6.45, 7) is 0.982. The Hall–Kier alpha value is -2.77. The van der Waals surface area contributed by atoms with Crippen LogP contribution in [0.3, 0.4) is 0 Å². The molecule has 138 valence electrons. The quantitative estimate of drug-likeness (QED) is 0.849. The highest BCUT2D eigenvalue weighted by Crippen LogP contribution is 2.19. The number of aliphatic carboxylic acids is 1. The number of carbonyl (C=O) groups is 2. The lowest BCUT2D eigenvalue weighted by atomic mass is 9.97. The van der Waals surface area contributed by atoms with Crippen LogP contribution >= 0.6 is 0 Å². The van der Waals surface area contributed by atoms with Gasteiger partial charge in [-0.25, -0.2) is 4.39 Å². The maximum absolute atomic E-state index is 12.9. The Balaban J connectivity index is 1.44. The fourth-order valence-corrected chi connectivity index (χ4v) is 3.00. The second-order valence-electron chi connectivity index (χ2n) is 6.37. The first-order valence-corrected chi connectivity index (χ1v) is 8.62. The summed E-state index contributed by atoms with van der Waals surface area (Å²) in [5, 5.41) is 12.9. The van der Waals surface area contributed by atoms with Gasteiger partial charge < -0.3 is 14.5 Å². The molecule has 2 aromatic rings. The average Bonchev–Trinajstić information content (AvgIpc) is 3.11. The molecule has 1 aromatic carbocycles. The Morgan fingerprint density at radius 3 is 2.58 bits per heavy atom. The molecule has 0 radical (unpaired) electrons. The number of benzene rings is 1. The molecule has 1 aromatic heterocycles. The molecular weight excluding hydrogens is 341 g/mol. The highest BCUT2D eigenvalue weighted by atomic mass is 19.1. The van der Waals surface area contributed by atoms with E-state index in [-0.39, 0.29) is 17.6 Å². The Kier molecular flexibility index (Phi) is 5.60. The van der Waals surface area contributed by atoms with E-state index in [9.17, 15) is 14.0 Å². The molecular formula is C18H20FN3O4. The van der Waals surface area contributed by atoms with Crippen LogP contribution in [0.15, 0.2) is 28.8 Å². The number of aryl methyl sites for hydroxylation is 1. The topological polar surface area (TPSA) is 96.5 Å². The van der Waals surface area contributed by atoms with E-state index < -0.39 is 5.97 Å². The van der Waals surface area contributed by atoms with Gasteiger partial charge in [-0.3, -0.25) is 9.59 Å². The monoisotopic (exact) mass is 361 g/mol. The Morgan fingerprint density at radius 2 is 1.92 bits per heavy atom. The van der Waals surface area contributed by atoms with E-state index in [0.29, 0.717) is 62.5 Å². The number of amides is 1. The van der Waals surface area contributed by atoms with Crippen molar-refractivity contribution in [2.45, 2.75) is 32.1 Å². The number of piperidine rings is 1. The van der Waals surface area contributed by atoms with Crippen LogP contribution in [-0.4, -0.2) is 45.1 Å². The predicted molar refractivity (Wildman–Crippen MR) is 89.6 cm³/mol. The Morgan fingerprint density at radius 1 is 1.23 bits per heavy atom. The van der Waals surface area contributed by atoms with Gasteiger partial charge in [-0.1, -0.05) is 5.16 Å². The fourth-order valence-electron chi connectivity index (χ4n) is 3.00. The van der Waals surface area contributed by atoms with Crippen molar-refractivity contribution in [1.29, 1.82) is 0 Å². The third-order valence-corrected chi connectivity index (χ3v) is 4.55. The van der Waals surface area contributed by atoms with Gasteiger partial charge in [-0.15, -0.1) is 0 Å². The summed E-state index contributed by atoms with van der Waals surface area (Å²) < 4.78 is 18.1. The molecule has 1 fully saturated rings. The molecule has 0 bridgehead atoms. The molecule has 1 aliphatic heterocycles. The van der Waals surface area contributed by atoms with Crippen molar-refractivity contribution in [2.75, 3.05) is 13.1 Å². The van der Waals surface area contributed by atoms with Crippen molar-refractivity contribution in [1.82, 2.24) is 15.0 Å². The summed E-state index contributed by atoms with van der Waals surface area (Å²) in [5.74, 6) is -0.618. The van der Waals surface area contributed by atoms with Crippen molar-refractivity contribution in [3.8, 4) is 11.4 Å². The largest absolute Gasteiger partial charge is 0.481 e. The first-order valence-electron chi connectivity index (χ1n) is 8.62. The summed E-state index contributed by atoms with van der Waals surface area (Å²) in [5.41, 5.74) is 0.666. The molecule has 2 heterocycles. The van der Waals surface area contributed by atoms with Crippen molar-refractivity contribution < 1.29 is 23.6 Å². The first-order chi connectivity index (χ1) is 12.5. The molecule has 0 spiro atoms. The van der Waals surface area contributed by atoms with E-state index in [0.717, 1.165) is 0 Å². The van der Waals surface area contributed by atoms with E-state index in [1.54, 1.807) is 17.0 Å². The van der Waals surface area contributed by atoms with Gasteiger partial charge in [0, 0.05) is 31.5 Å². The highest BCUT2D eigenvalue weighted by molar-refractivity contribution is 5.77. The summed E-state index contributed by atoms with van der Waals surface area (Å²) in [6, 6.07) is 5.82. The summed E-state index contributed by atoms with van der Waals surface area (Å²) >= 11 is 0. The third kappa shape index (κ3) is 4.44. The van der Waals surface area contributed by atoms with Gasteiger partial charge in [0.25, 0.3) is 0 Å². The lowest BCUT2D eigenvalue weighted by Crippen LogP contribution is -2.40. The summed E-state index contributed by atoms with van der Waals surface area (Å²) in [6.07, 6.45) is 2.41. The van der Waals surface area contributed by atoms with E-state index in [2.05, 4.69) is 10.1 Å². The van der Waals surface area contributed by atoms with Crippen molar-refractivity contribution in [3.63, 3.8) is 0 Å². The SMILES string of the molecule is O=C(O)C1CCN(C(=O)CCCc2nc(-c3ccc(F)cc3)no2)CC1. The number of aromatic nitrogens is 2. The number of hydrogen-bond acceptors (Lipinski definition) is 5. The minimum atomic E-state index is -0.787. The van der Waals surface area contributed by atoms with Crippen LogP contribution in [0.4, 0.5) is 4.39 Å². The van der Waals surface area contributed by atoms with Gasteiger partial charge in [0.05, 0.1) is 5.92 Å². The molecule has 7 nitrogen and oxygen atoms in total. The van der Waals surface area contributed by atoms with E-state index in [1.165, 1.54) is 12.1 Å². The molecule has 0 unspecified atom stereocenters. The highest BCUT2D eigenvalue weighted by Gasteiger charge is 2.26. The lowest BCUT2D eigenvalue weighted by Gasteiger charge is -2.30. The lowest BCUT2D eigenvalue weighted by molar-refractivity contribution is -0.145. The van der Waals surface area contributed by atoms with Gasteiger partial charge in [0.15, 0.2) is 0 Å².